The zero-order valence-electron chi connectivity index (χ0n) is 12.8. The zero-order chi connectivity index (χ0) is 17.5. The number of hydrogen-bond acceptors (Lipinski definition) is 6. The number of hydrogen-bond donors (Lipinski definition) is 2. The molecule has 24 heavy (non-hydrogen) atoms. The number of amides is 2. The Morgan fingerprint density at radius 3 is 2.58 bits per heavy atom. The van der Waals surface area contributed by atoms with Crippen LogP contribution in [-0.4, -0.2) is 60.9 Å². The van der Waals surface area contributed by atoms with Gasteiger partial charge in [0.05, 0.1) is 18.3 Å². The second-order valence-corrected chi connectivity index (χ2v) is 6.91. The molecule has 2 saturated heterocycles. The molecule has 0 aromatic heterocycles. The van der Waals surface area contributed by atoms with Crippen LogP contribution in [0.25, 0.3) is 0 Å². The summed E-state index contributed by atoms with van der Waals surface area (Å²) in [5, 5.41) is 19.6. The van der Waals surface area contributed by atoms with Crippen LogP contribution in [0, 0.1) is 0 Å². The molecule has 8 nitrogen and oxygen atoms in total. The molecule has 2 fully saturated rings. The molecule has 1 aromatic rings. The van der Waals surface area contributed by atoms with Crippen molar-refractivity contribution in [1.29, 1.82) is 0 Å². The Morgan fingerprint density at radius 1 is 1.38 bits per heavy atom. The molecule has 2 N–H and O–H groups in total. The summed E-state index contributed by atoms with van der Waals surface area (Å²) in [6, 6.07) is 8.41. The molecule has 0 radical (unpaired) electrons. The number of thioether (sulfide) groups is 1. The van der Waals surface area contributed by atoms with E-state index in [0.29, 0.717) is 5.75 Å². The number of nitrogens with zero attached hydrogens (tertiary/aromatic N) is 2. The number of aliphatic carboxylic acids is 1. The van der Waals surface area contributed by atoms with E-state index in [1.165, 1.54) is 11.8 Å². The average Bonchev–Trinajstić information content (AvgIpc) is 2.54. The van der Waals surface area contributed by atoms with Crippen molar-refractivity contribution in [3.05, 3.63) is 30.3 Å². The quantitative estimate of drug-likeness (QED) is 0.592. The minimum absolute atomic E-state index is 0.219. The van der Waals surface area contributed by atoms with Crippen molar-refractivity contribution in [2.75, 3.05) is 6.54 Å². The number of benzene rings is 1. The molecule has 0 saturated carbocycles. The van der Waals surface area contributed by atoms with E-state index in [1.807, 2.05) is 0 Å². The van der Waals surface area contributed by atoms with Gasteiger partial charge in [0.2, 0.25) is 11.5 Å². The van der Waals surface area contributed by atoms with Gasteiger partial charge in [-0.15, -0.1) is 11.8 Å². The Kier molecular flexibility index (Phi) is 4.14. The molecule has 2 aliphatic rings. The SMILES string of the molecule is CC(=O)N(Oc1ccccc1)C1S[C@@H]2CC(=O)N2CC1(O)C(=O)O. The largest absolute Gasteiger partial charge is 0.479 e. The number of rotatable bonds is 4. The molecule has 0 spiro atoms. The molecular formula is C15H16N2O6S. The van der Waals surface area contributed by atoms with Crippen LogP contribution >= 0.6 is 11.8 Å². The van der Waals surface area contributed by atoms with Gasteiger partial charge in [0.1, 0.15) is 0 Å². The van der Waals surface area contributed by atoms with Gasteiger partial charge in [-0.2, -0.15) is 5.06 Å². The highest BCUT2D eigenvalue weighted by Gasteiger charge is 2.60. The van der Waals surface area contributed by atoms with Gasteiger partial charge < -0.3 is 20.0 Å². The molecule has 3 rings (SSSR count). The summed E-state index contributed by atoms with van der Waals surface area (Å²) in [5.41, 5.74) is -2.32. The first kappa shape index (κ1) is 16.6. The van der Waals surface area contributed by atoms with E-state index in [4.69, 9.17) is 4.84 Å². The molecule has 0 bridgehead atoms. The second-order valence-electron chi connectivity index (χ2n) is 5.65. The maximum Gasteiger partial charge on any atom is 0.340 e. The van der Waals surface area contributed by atoms with Gasteiger partial charge in [-0.05, 0) is 12.1 Å². The third kappa shape index (κ3) is 2.69. The van der Waals surface area contributed by atoms with Gasteiger partial charge in [-0.1, -0.05) is 18.2 Å². The maximum atomic E-state index is 12.0. The van der Waals surface area contributed by atoms with Crippen LogP contribution in [-0.2, 0) is 14.4 Å². The first-order chi connectivity index (χ1) is 11.3. The first-order valence-electron chi connectivity index (χ1n) is 7.26. The van der Waals surface area contributed by atoms with E-state index in [-0.39, 0.29) is 24.2 Å². The van der Waals surface area contributed by atoms with Crippen LogP contribution in [0.2, 0.25) is 0 Å². The standard InChI is InChI=1S/C15H16N2O6S/c1-9(18)17(23-10-5-3-2-4-6-10)13-15(22,14(20)21)8-16-11(19)7-12(16)24-13/h2-6,12-13,22H,7-8H2,1H3,(H,20,21)/t12-,13?,15?/m1/s1. The molecule has 1 aromatic carbocycles. The lowest BCUT2D eigenvalue weighted by atomic mass is 9.99. The summed E-state index contributed by atoms with van der Waals surface area (Å²) in [6.45, 7) is 0.843. The predicted molar refractivity (Wildman–Crippen MR) is 83.7 cm³/mol. The number of carboxylic acids is 1. The van der Waals surface area contributed by atoms with Crippen LogP contribution in [0.1, 0.15) is 13.3 Å². The van der Waals surface area contributed by atoms with E-state index < -0.39 is 22.9 Å². The molecule has 3 atom stereocenters. The highest BCUT2D eigenvalue weighted by Crippen LogP contribution is 2.44. The molecule has 0 aliphatic carbocycles. The van der Waals surface area contributed by atoms with E-state index >= 15 is 0 Å². The monoisotopic (exact) mass is 352 g/mol. The molecule has 2 unspecified atom stereocenters. The van der Waals surface area contributed by atoms with E-state index in [2.05, 4.69) is 0 Å². The summed E-state index contributed by atoms with van der Waals surface area (Å²) >= 11 is 1.03. The number of carboxylic acid groups (broad SMARTS) is 1. The maximum absolute atomic E-state index is 12.0. The Balaban J connectivity index is 1.91. The molecular weight excluding hydrogens is 336 g/mol. The Labute approximate surface area is 141 Å². The van der Waals surface area contributed by atoms with Crippen molar-refractivity contribution in [2.24, 2.45) is 0 Å². The van der Waals surface area contributed by atoms with Crippen molar-refractivity contribution in [3.63, 3.8) is 0 Å². The van der Waals surface area contributed by atoms with Crippen LogP contribution < -0.4 is 4.84 Å². The minimum Gasteiger partial charge on any atom is -0.479 e. The third-order valence-corrected chi connectivity index (χ3v) is 5.54. The van der Waals surface area contributed by atoms with Crippen molar-refractivity contribution >= 4 is 29.5 Å². The molecule has 2 heterocycles. The molecule has 9 heteroatoms. The summed E-state index contributed by atoms with van der Waals surface area (Å²) in [5.74, 6) is -1.94. The lowest BCUT2D eigenvalue weighted by Gasteiger charge is -2.52. The highest BCUT2D eigenvalue weighted by molar-refractivity contribution is 8.00. The highest BCUT2D eigenvalue weighted by atomic mass is 32.2. The fourth-order valence-corrected chi connectivity index (χ4v) is 4.21. The van der Waals surface area contributed by atoms with Gasteiger partial charge in [0.25, 0.3) is 5.91 Å². The smallest absolute Gasteiger partial charge is 0.340 e. The number of hydroxylamine groups is 2. The number of fused-ring (bicyclic) bond motifs is 1. The summed E-state index contributed by atoms with van der Waals surface area (Å²) in [4.78, 5) is 42.1. The second kappa shape index (κ2) is 5.99. The van der Waals surface area contributed by atoms with Crippen molar-refractivity contribution < 1.29 is 29.4 Å². The van der Waals surface area contributed by atoms with E-state index in [0.717, 1.165) is 16.8 Å². The lowest BCUT2D eigenvalue weighted by Crippen LogP contribution is -2.71. The summed E-state index contributed by atoms with van der Waals surface area (Å²) in [7, 11) is 0. The Hall–Kier alpha value is -2.26. The summed E-state index contributed by atoms with van der Waals surface area (Å²) < 4.78 is 0. The van der Waals surface area contributed by atoms with Crippen LogP contribution in [0.5, 0.6) is 5.75 Å². The fraction of sp³-hybridized carbons (Fsp3) is 0.400. The topological polar surface area (TPSA) is 107 Å². The molecule has 2 aliphatic heterocycles. The first-order valence-corrected chi connectivity index (χ1v) is 8.21. The van der Waals surface area contributed by atoms with Gasteiger partial charge in [0, 0.05) is 6.92 Å². The zero-order valence-corrected chi connectivity index (χ0v) is 13.6. The van der Waals surface area contributed by atoms with Crippen molar-refractivity contribution in [3.8, 4) is 5.75 Å². The number of carbonyl (C=O) groups excluding carboxylic acids is 2. The number of para-hydroxylation sites is 1. The third-order valence-electron chi connectivity index (χ3n) is 3.96. The van der Waals surface area contributed by atoms with Crippen molar-refractivity contribution in [1.82, 2.24) is 9.96 Å². The normalized spacial score (nSPS) is 28.6. The van der Waals surface area contributed by atoms with Gasteiger partial charge in [-0.3, -0.25) is 9.59 Å². The van der Waals surface area contributed by atoms with Gasteiger partial charge in [0.15, 0.2) is 11.1 Å². The predicted octanol–water partition coefficient (Wildman–Crippen LogP) is 0.276. The summed E-state index contributed by atoms with van der Waals surface area (Å²) in [6.07, 6.45) is 0.244. The number of aliphatic hydroxyl groups is 1. The van der Waals surface area contributed by atoms with Gasteiger partial charge >= 0.3 is 5.97 Å². The molecule has 2 amide bonds. The van der Waals surface area contributed by atoms with E-state index in [9.17, 15) is 24.6 Å². The number of carbonyl (C=O) groups is 3. The Morgan fingerprint density at radius 2 is 2.04 bits per heavy atom. The van der Waals surface area contributed by atoms with Crippen molar-refractivity contribution in [2.45, 2.75) is 29.7 Å². The van der Waals surface area contributed by atoms with Crippen LogP contribution in [0.15, 0.2) is 30.3 Å². The fourth-order valence-electron chi connectivity index (χ4n) is 2.63. The lowest BCUT2D eigenvalue weighted by molar-refractivity contribution is -0.192. The van der Waals surface area contributed by atoms with E-state index in [1.54, 1.807) is 30.3 Å². The van der Waals surface area contributed by atoms with Crippen LogP contribution in [0.4, 0.5) is 0 Å². The van der Waals surface area contributed by atoms with Crippen LogP contribution in [0.3, 0.4) is 0 Å². The average molecular weight is 352 g/mol. The minimum atomic E-state index is -2.32. The molecule has 128 valence electrons. The Bertz CT molecular complexity index is 684. The van der Waals surface area contributed by atoms with Gasteiger partial charge in [-0.25, -0.2) is 4.79 Å². The number of β-lactam (4-membered cyclic amide) rings is 1.